The molecular formula is C17H22N4O3. The van der Waals surface area contributed by atoms with Crippen LogP contribution in [-0.4, -0.2) is 50.8 Å². The first kappa shape index (κ1) is 15.4. The topological polar surface area (TPSA) is 72.6 Å². The third-order valence-electron chi connectivity index (χ3n) is 4.85. The number of likely N-dealkylation sites (tertiary alicyclic amines) is 1. The summed E-state index contributed by atoms with van der Waals surface area (Å²) in [4.78, 5) is 6.56. The van der Waals surface area contributed by atoms with E-state index in [1.807, 2.05) is 22.9 Å². The first-order chi connectivity index (χ1) is 11.7. The minimum Gasteiger partial charge on any atom is -0.454 e. The number of β-amino-alcohol motifs (C(OH)–C–C–N with tert-alkyl or cyclic N) is 1. The van der Waals surface area contributed by atoms with Gasteiger partial charge in [-0.15, -0.1) is 0 Å². The largest absolute Gasteiger partial charge is 0.454 e. The number of aliphatic hydroxyl groups excluding tert-OH is 1. The molecule has 2 atom stereocenters. The third-order valence-corrected chi connectivity index (χ3v) is 4.85. The molecule has 1 aromatic carbocycles. The number of nitrogens with zero attached hydrogens (tertiary/aromatic N) is 4. The van der Waals surface area contributed by atoms with Crippen molar-refractivity contribution in [2.24, 2.45) is 0 Å². The maximum atomic E-state index is 10.6. The monoisotopic (exact) mass is 330 g/mol. The summed E-state index contributed by atoms with van der Waals surface area (Å²) in [7, 11) is 0. The predicted octanol–water partition coefficient (Wildman–Crippen LogP) is 1.38. The summed E-state index contributed by atoms with van der Waals surface area (Å²) in [5.74, 6) is 2.63. The number of ether oxygens (including phenoxy) is 2. The molecule has 2 aromatic rings. The number of piperidine rings is 1. The highest BCUT2D eigenvalue weighted by atomic mass is 16.7. The smallest absolute Gasteiger partial charge is 0.231 e. The minimum atomic E-state index is -0.405. The van der Waals surface area contributed by atoms with Crippen LogP contribution in [0.3, 0.4) is 0 Å². The molecule has 2 aliphatic heterocycles. The zero-order valence-electron chi connectivity index (χ0n) is 13.8. The number of hydrogen-bond donors (Lipinski definition) is 1. The van der Waals surface area contributed by atoms with Gasteiger partial charge in [-0.2, -0.15) is 5.10 Å². The van der Waals surface area contributed by atoms with E-state index in [-0.39, 0.29) is 12.7 Å². The van der Waals surface area contributed by atoms with Crippen LogP contribution in [0.1, 0.15) is 30.7 Å². The van der Waals surface area contributed by atoms with Gasteiger partial charge in [0.15, 0.2) is 11.5 Å². The molecule has 24 heavy (non-hydrogen) atoms. The van der Waals surface area contributed by atoms with Crippen molar-refractivity contribution in [1.29, 1.82) is 0 Å². The van der Waals surface area contributed by atoms with Crippen molar-refractivity contribution in [2.45, 2.75) is 38.5 Å². The van der Waals surface area contributed by atoms with Crippen LogP contribution in [0.15, 0.2) is 24.5 Å². The van der Waals surface area contributed by atoms with Crippen LogP contribution in [0, 0.1) is 0 Å². The van der Waals surface area contributed by atoms with E-state index in [9.17, 15) is 5.11 Å². The van der Waals surface area contributed by atoms with Crippen LogP contribution in [0.4, 0.5) is 0 Å². The van der Waals surface area contributed by atoms with Gasteiger partial charge in [0, 0.05) is 19.0 Å². The number of aromatic nitrogens is 3. The summed E-state index contributed by atoms with van der Waals surface area (Å²) in [6.45, 7) is 5.42. The molecular weight excluding hydrogens is 308 g/mol. The molecule has 1 aromatic heterocycles. The fraction of sp³-hybridized carbons (Fsp3) is 0.529. The predicted molar refractivity (Wildman–Crippen MR) is 86.9 cm³/mol. The van der Waals surface area contributed by atoms with Gasteiger partial charge in [-0.1, -0.05) is 6.07 Å². The summed E-state index contributed by atoms with van der Waals surface area (Å²) < 4.78 is 12.7. The molecule has 7 nitrogen and oxygen atoms in total. The Hall–Kier alpha value is -2.12. The van der Waals surface area contributed by atoms with E-state index in [0.717, 1.165) is 48.9 Å². The van der Waals surface area contributed by atoms with E-state index in [2.05, 4.69) is 21.9 Å². The van der Waals surface area contributed by atoms with Gasteiger partial charge in [0.25, 0.3) is 0 Å². The minimum absolute atomic E-state index is 0.125. The Balaban J connectivity index is 1.43. The normalized spacial score (nSPS) is 23.6. The molecule has 7 heteroatoms. The fourth-order valence-electron chi connectivity index (χ4n) is 3.55. The standard InChI is InChI=1S/C17H22N4O3/c1-2-21-17(18-10-19-21)9-20-6-5-13(14(22)8-20)12-3-4-15-16(7-12)24-11-23-15/h3-4,7,10,13-14,22H,2,5-6,8-9,11H2,1H3/t13-,14+/m1/s1. The van der Waals surface area contributed by atoms with E-state index in [1.54, 1.807) is 6.33 Å². The lowest BCUT2D eigenvalue weighted by molar-refractivity contribution is 0.0458. The van der Waals surface area contributed by atoms with Gasteiger partial charge in [0.1, 0.15) is 12.2 Å². The molecule has 1 N–H and O–H groups in total. The first-order valence-electron chi connectivity index (χ1n) is 8.41. The Morgan fingerprint density at radius 1 is 1.29 bits per heavy atom. The van der Waals surface area contributed by atoms with Crippen molar-refractivity contribution in [3.63, 3.8) is 0 Å². The van der Waals surface area contributed by atoms with Gasteiger partial charge in [-0.05, 0) is 37.6 Å². The van der Waals surface area contributed by atoms with E-state index >= 15 is 0 Å². The number of rotatable bonds is 4. The maximum Gasteiger partial charge on any atom is 0.231 e. The van der Waals surface area contributed by atoms with E-state index < -0.39 is 6.10 Å². The molecule has 1 saturated heterocycles. The van der Waals surface area contributed by atoms with Crippen molar-refractivity contribution in [3.8, 4) is 11.5 Å². The Morgan fingerprint density at radius 3 is 3.00 bits per heavy atom. The van der Waals surface area contributed by atoms with E-state index in [0.29, 0.717) is 6.54 Å². The number of benzene rings is 1. The number of fused-ring (bicyclic) bond motifs is 1. The van der Waals surface area contributed by atoms with Gasteiger partial charge in [0.05, 0.1) is 12.6 Å². The van der Waals surface area contributed by atoms with Crippen molar-refractivity contribution in [2.75, 3.05) is 19.9 Å². The average Bonchev–Trinajstić information content (AvgIpc) is 3.23. The van der Waals surface area contributed by atoms with Gasteiger partial charge in [0.2, 0.25) is 6.79 Å². The van der Waals surface area contributed by atoms with Crippen molar-refractivity contribution < 1.29 is 14.6 Å². The van der Waals surface area contributed by atoms with Crippen LogP contribution in [-0.2, 0) is 13.1 Å². The van der Waals surface area contributed by atoms with Crippen LogP contribution in [0.2, 0.25) is 0 Å². The second-order valence-corrected chi connectivity index (χ2v) is 6.30. The van der Waals surface area contributed by atoms with Crippen molar-refractivity contribution in [3.05, 3.63) is 35.9 Å². The Morgan fingerprint density at radius 2 is 2.17 bits per heavy atom. The molecule has 0 spiro atoms. The highest BCUT2D eigenvalue weighted by molar-refractivity contribution is 5.45. The quantitative estimate of drug-likeness (QED) is 0.913. The lowest BCUT2D eigenvalue weighted by Gasteiger charge is -2.36. The van der Waals surface area contributed by atoms with Gasteiger partial charge >= 0.3 is 0 Å². The highest BCUT2D eigenvalue weighted by Crippen LogP contribution is 2.37. The number of aliphatic hydroxyl groups is 1. The van der Waals surface area contributed by atoms with Crippen LogP contribution in [0.5, 0.6) is 11.5 Å². The SMILES string of the molecule is CCn1ncnc1CN1CC[C@H](c2ccc3c(c2)OCO3)[C@@H](O)C1. The molecule has 2 aliphatic rings. The Bertz CT molecular complexity index is 718. The molecule has 0 unspecified atom stereocenters. The van der Waals surface area contributed by atoms with Gasteiger partial charge in [-0.3, -0.25) is 4.90 Å². The molecule has 4 rings (SSSR count). The maximum absolute atomic E-state index is 10.6. The van der Waals surface area contributed by atoms with Crippen LogP contribution >= 0.6 is 0 Å². The Kier molecular flexibility index (Phi) is 4.12. The third kappa shape index (κ3) is 2.85. The summed E-state index contributed by atoms with van der Waals surface area (Å²) >= 11 is 0. The zero-order valence-corrected chi connectivity index (χ0v) is 13.8. The first-order valence-corrected chi connectivity index (χ1v) is 8.41. The fourth-order valence-corrected chi connectivity index (χ4v) is 3.55. The van der Waals surface area contributed by atoms with Gasteiger partial charge < -0.3 is 14.6 Å². The molecule has 128 valence electrons. The van der Waals surface area contributed by atoms with Crippen molar-refractivity contribution >= 4 is 0 Å². The summed E-state index contributed by atoms with van der Waals surface area (Å²) in [5.41, 5.74) is 1.11. The summed E-state index contributed by atoms with van der Waals surface area (Å²) in [5, 5.41) is 14.8. The average molecular weight is 330 g/mol. The molecule has 0 saturated carbocycles. The lowest BCUT2D eigenvalue weighted by atomic mass is 9.87. The zero-order chi connectivity index (χ0) is 16.5. The molecule has 1 fully saturated rings. The van der Waals surface area contributed by atoms with Gasteiger partial charge in [-0.25, -0.2) is 9.67 Å². The summed E-state index contributed by atoms with van der Waals surface area (Å²) in [6.07, 6.45) is 2.09. The van der Waals surface area contributed by atoms with E-state index in [4.69, 9.17) is 9.47 Å². The number of aryl methyl sites for hydroxylation is 1. The second-order valence-electron chi connectivity index (χ2n) is 6.30. The Labute approximate surface area is 140 Å². The summed E-state index contributed by atoms with van der Waals surface area (Å²) in [6, 6.07) is 5.96. The van der Waals surface area contributed by atoms with Crippen LogP contribution < -0.4 is 9.47 Å². The number of hydrogen-bond acceptors (Lipinski definition) is 6. The molecule has 0 bridgehead atoms. The van der Waals surface area contributed by atoms with Crippen LogP contribution in [0.25, 0.3) is 0 Å². The lowest BCUT2D eigenvalue weighted by Crippen LogP contribution is -2.42. The highest BCUT2D eigenvalue weighted by Gasteiger charge is 2.30. The molecule has 0 amide bonds. The van der Waals surface area contributed by atoms with Crippen molar-refractivity contribution in [1.82, 2.24) is 19.7 Å². The van der Waals surface area contributed by atoms with E-state index in [1.165, 1.54) is 0 Å². The molecule has 3 heterocycles. The second kappa shape index (κ2) is 6.41. The molecule has 0 aliphatic carbocycles. The molecule has 0 radical (unpaired) electrons.